The molecule has 0 unspecified atom stereocenters. The molecular weight excluding hydrogens is 238 g/mol. The maximum absolute atomic E-state index is 12.5. The Labute approximate surface area is 113 Å². The summed E-state index contributed by atoms with van der Waals surface area (Å²) in [7, 11) is 0. The first-order chi connectivity index (χ1) is 9.13. The molecule has 0 bridgehead atoms. The van der Waals surface area contributed by atoms with Crippen LogP contribution in [0.1, 0.15) is 34.0 Å². The smallest absolute Gasteiger partial charge is 0.195 e. The number of rotatable bonds is 4. The van der Waals surface area contributed by atoms with Gasteiger partial charge in [-0.3, -0.25) is 9.78 Å². The molecule has 1 aromatic carbocycles. The van der Waals surface area contributed by atoms with Crippen molar-refractivity contribution in [1.29, 1.82) is 0 Å². The number of hydrogen-bond donors (Lipinski definition) is 0. The van der Waals surface area contributed by atoms with Gasteiger partial charge in [-0.05, 0) is 38.0 Å². The summed E-state index contributed by atoms with van der Waals surface area (Å²) in [6, 6.07) is 7.58. The molecule has 0 radical (unpaired) electrons. The first-order valence-electron chi connectivity index (χ1n) is 6.32. The topological polar surface area (TPSA) is 39.2 Å². The number of ketones is 1. The third-order valence-corrected chi connectivity index (χ3v) is 2.99. The number of carbonyl (C=O) groups excluding carboxylic acids is 1. The van der Waals surface area contributed by atoms with Gasteiger partial charge < -0.3 is 4.74 Å². The summed E-state index contributed by atoms with van der Waals surface area (Å²) in [5, 5.41) is 0. The lowest BCUT2D eigenvalue weighted by atomic mass is 9.96. The van der Waals surface area contributed by atoms with Gasteiger partial charge >= 0.3 is 0 Å². The fraction of sp³-hybridized carbons (Fsp3) is 0.250. The van der Waals surface area contributed by atoms with Crippen molar-refractivity contribution in [3.63, 3.8) is 0 Å². The van der Waals surface area contributed by atoms with E-state index in [1.807, 2.05) is 39.0 Å². The first kappa shape index (κ1) is 13.3. The molecule has 3 nitrogen and oxygen atoms in total. The van der Waals surface area contributed by atoms with Crippen molar-refractivity contribution in [2.24, 2.45) is 0 Å². The highest BCUT2D eigenvalue weighted by molar-refractivity contribution is 6.10. The van der Waals surface area contributed by atoms with Crippen LogP contribution in [-0.4, -0.2) is 17.4 Å². The summed E-state index contributed by atoms with van der Waals surface area (Å²) < 4.78 is 5.38. The van der Waals surface area contributed by atoms with Crippen LogP contribution in [0.5, 0.6) is 5.75 Å². The van der Waals surface area contributed by atoms with Crippen LogP contribution in [0.2, 0.25) is 0 Å². The van der Waals surface area contributed by atoms with Crippen LogP contribution in [0.4, 0.5) is 0 Å². The Morgan fingerprint density at radius 2 is 1.89 bits per heavy atom. The van der Waals surface area contributed by atoms with Gasteiger partial charge in [-0.2, -0.15) is 0 Å². The average Bonchev–Trinajstić information content (AvgIpc) is 2.39. The zero-order valence-corrected chi connectivity index (χ0v) is 11.4. The molecule has 1 heterocycles. The second-order valence-corrected chi connectivity index (χ2v) is 4.44. The largest absolute Gasteiger partial charge is 0.492 e. The highest BCUT2D eigenvalue weighted by atomic mass is 16.5. The summed E-state index contributed by atoms with van der Waals surface area (Å²) in [6.07, 6.45) is 3.20. The van der Waals surface area contributed by atoms with Gasteiger partial charge in [0.15, 0.2) is 5.78 Å². The molecule has 0 aliphatic heterocycles. The molecule has 2 rings (SSSR count). The minimum absolute atomic E-state index is 0.00958. The monoisotopic (exact) mass is 255 g/mol. The van der Waals surface area contributed by atoms with E-state index in [4.69, 9.17) is 4.74 Å². The molecule has 3 heteroatoms. The van der Waals surface area contributed by atoms with Gasteiger partial charge in [0.05, 0.1) is 12.8 Å². The Kier molecular flexibility index (Phi) is 3.95. The van der Waals surface area contributed by atoms with Gasteiger partial charge in [-0.15, -0.1) is 0 Å². The van der Waals surface area contributed by atoms with E-state index in [1.165, 1.54) is 0 Å². The summed E-state index contributed by atoms with van der Waals surface area (Å²) in [5.41, 5.74) is 3.26. The maximum Gasteiger partial charge on any atom is 0.195 e. The fourth-order valence-corrected chi connectivity index (χ4v) is 2.11. The molecule has 0 spiro atoms. The molecule has 0 amide bonds. The van der Waals surface area contributed by atoms with Crippen LogP contribution in [-0.2, 0) is 0 Å². The third kappa shape index (κ3) is 2.81. The van der Waals surface area contributed by atoms with Crippen molar-refractivity contribution in [1.82, 2.24) is 4.98 Å². The third-order valence-electron chi connectivity index (χ3n) is 2.99. The van der Waals surface area contributed by atoms with Gasteiger partial charge in [0.2, 0.25) is 0 Å². The number of aryl methyl sites for hydroxylation is 2. The van der Waals surface area contributed by atoms with Crippen LogP contribution in [0.3, 0.4) is 0 Å². The van der Waals surface area contributed by atoms with E-state index in [0.717, 1.165) is 16.7 Å². The van der Waals surface area contributed by atoms with Crippen LogP contribution in [0, 0.1) is 13.8 Å². The molecule has 0 atom stereocenters. The Morgan fingerprint density at radius 1 is 1.21 bits per heavy atom. The Balaban J connectivity index is 2.41. The Bertz CT molecular complexity index is 585. The lowest BCUT2D eigenvalue weighted by molar-refractivity contribution is 0.103. The number of carbonyl (C=O) groups is 1. The fourth-order valence-electron chi connectivity index (χ4n) is 2.11. The van der Waals surface area contributed by atoms with E-state index in [-0.39, 0.29) is 5.78 Å². The average molecular weight is 255 g/mol. The minimum atomic E-state index is -0.00958. The molecule has 0 fully saturated rings. The first-order valence-corrected chi connectivity index (χ1v) is 6.32. The molecule has 19 heavy (non-hydrogen) atoms. The van der Waals surface area contributed by atoms with Gasteiger partial charge in [-0.1, -0.05) is 18.2 Å². The number of nitrogens with zero attached hydrogens (tertiary/aromatic N) is 1. The molecule has 98 valence electrons. The van der Waals surface area contributed by atoms with E-state index in [9.17, 15) is 4.79 Å². The molecule has 0 saturated heterocycles. The number of ether oxygens (including phenoxy) is 1. The molecule has 1 aromatic heterocycles. The van der Waals surface area contributed by atoms with E-state index in [2.05, 4.69) is 4.98 Å². The predicted molar refractivity (Wildman–Crippen MR) is 74.8 cm³/mol. The van der Waals surface area contributed by atoms with Crippen molar-refractivity contribution in [2.45, 2.75) is 20.8 Å². The van der Waals surface area contributed by atoms with Gasteiger partial charge in [0, 0.05) is 17.3 Å². The summed E-state index contributed by atoms with van der Waals surface area (Å²) in [6.45, 7) is 6.35. The van der Waals surface area contributed by atoms with Crippen LogP contribution >= 0.6 is 0 Å². The SMILES string of the molecule is CCOc1cncc(C(=O)c2c(C)cccc2C)c1. The van der Waals surface area contributed by atoms with E-state index in [1.54, 1.807) is 18.5 Å². The summed E-state index contributed by atoms with van der Waals surface area (Å²) in [5.74, 6) is 0.615. The Hall–Kier alpha value is -2.16. The molecule has 0 N–H and O–H groups in total. The van der Waals surface area contributed by atoms with E-state index >= 15 is 0 Å². The lowest BCUT2D eigenvalue weighted by Crippen LogP contribution is -2.07. The van der Waals surface area contributed by atoms with Gasteiger partial charge in [0.25, 0.3) is 0 Å². The van der Waals surface area contributed by atoms with Crippen LogP contribution in [0.25, 0.3) is 0 Å². The molecule has 0 aliphatic rings. The predicted octanol–water partition coefficient (Wildman–Crippen LogP) is 3.33. The molecule has 0 aliphatic carbocycles. The van der Waals surface area contributed by atoms with E-state index < -0.39 is 0 Å². The zero-order chi connectivity index (χ0) is 13.8. The van der Waals surface area contributed by atoms with Gasteiger partial charge in [0.1, 0.15) is 5.75 Å². The van der Waals surface area contributed by atoms with Crippen LogP contribution < -0.4 is 4.74 Å². The van der Waals surface area contributed by atoms with Crippen LogP contribution in [0.15, 0.2) is 36.7 Å². The van der Waals surface area contributed by atoms with Crippen molar-refractivity contribution in [2.75, 3.05) is 6.61 Å². The maximum atomic E-state index is 12.5. The molecule has 0 saturated carbocycles. The second kappa shape index (κ2) is 5.65. The van der Waals surface area contributed by atoms with Crippen molar-refractivity contribution >= 4 is 5.78 Å². The quantitative estimate of drug-likeness (QED) is 0.787. The van der Waals surface area contributed by atoms with Crippen molar-refractivity contribution in [3.05, 3.63) is 58.9 Å². The minimum Gasteiger partial charge on any atom is -0.492 e. The standard InChI is InChI=1S/C16H17NO2/c1-4-19-14-8-13(9-17-10-14)16(18)15-11(2)6-5-7-12(15)3/h5-10H,4H2,1-3H3. The second-order valence-electron chi connectivity index (χ2n) is 4.44. The highest BCUT2D eigenvalue weighted by Crippen LogP contribution is 2.20. The Morgan fingerprint density at radius 3 is 2.53 bits per heavy atom. The molecular formula is C16H17NO2. The summed E-state index contributed by atoms with van der Waals surface area (Å²) in [4.78, 5) is 16.6. The van der Waals surface area contributed by atoms with Gasteiger partial charge in [-0.25, -0.2) is 0 Å². The molecule has 2 aromatic rings. The van der Waals surface area contributed by atoms with Crippen molar-refractivity contribution < 1.29 is 9.53 Å². The number of aromatic nitrogens is 1. The van der Waals surface area contributed by atoms with Crippen molar-refractivity contribution in [3.8, 4) is 5.75 Å². The van der Waals surface area contributed by atoms with E-state index in [0.29, 0.717) is 17.9 Å². The normalized spacial score (nSPS) is 10.3. The number of pyridine rings is 1. The number of benzene rings is 1. The lowest BCUT2D eigenvalue weighted by Gasteiger charge is -2.09. The zero-order valence-electron chi connectivity index (χ0n) is 11.4. The number of hydrogen-bond acceptors (Lipinski definition) is 3. The summed E-state index contributed by atoms with van der Waals surface area (Å²) >= 11 is 0. The highest BCUT2D eigenvalue weighted by Gasteiger charge is 2.15.